The standard InChI is InChI=1S/C24H33FN4O5S.C7H6FNO2/c1-3-34-24(31)20-12-19(14-26)22(27-21(20)13-25)29-10-8-18(9-11-29)23(30)28-35(32,33)15-17-6-4-16(2)5-7-17;8-5-11-7(10)6-2-1-3-9-4-6/h12,16-18H,3-11,13,15H2,1-2H3,(H,28,30);1-4H,5H2. The number of anilines is 1. The molecule has 250 valence electrons. The van der Waals surface area contributed by atoms with E-state index in [0.717, 1.165) is 25.7 Å². The lowest BCUT2D eigenvalue weighted by Crippen LogP contribution is -2.44. The molecule has 15 heteroatoms. The average molecular weight is 664 g/mol. The zero-order valence-corrected chi connectivity index (χ0v) is 26.7. The van der Waals surface area contributed by atoms with Gasteiger partial charge in [0, 0.05) is 31.4 Å². The predicted octanol–water partition coefficient (Wildman–Crippen LogP) is 4.25. The Hall–Kier alpha value is -4.19. The van der Waals surface area contributed by atoms with Gasteiger partial charge in [-0.3, -0.25) is 14.5 Å². The fourth-order valence-corrected chi connectivity index (χ4v) is 6.92. The van der Waals surface area contributed by atoms with Gasteiger partial charge in [-0.05, 0) is 62.6 Å². The van der Waals surface area contributed by atoms with Crippen LogP contribution in [0.3, 0.4) is 0 Å². The van der Waals surface area contributed by atoms with Crippen LogP contribution in [0.25, 0.3) is 0 Å². The van der Waals surface area contributed by atoms with Crippen LogP contribution in [0.5, 0.6) is 0 Å². The molecule has 1 aliphatic carbocycles. The van der Waals surface area contributed by atoms with E-state index in [-0.39, 0.29) is 46.5 Å². The Morgan fingerprint density at radius 3 is 2.35 bits per heavy atom. The fraction of sp³-hybridized carbons (Fsp3) is 0.548. The Bertz CT molecular complexity index is 1490. The average Bonchev–Trinajstić information content (AvgIpc) is 3.05. The second kappa shape index (κ2) is 17.5. The topological polar surface area (TPSA) is 169 Å². The Balaban J connectivity index is 0.000000441. The van der Waals surface area contributed by atoms with E-state index in [2.05, 4.69) is 26.4 Å². The summed E-state index contributed by atoms with van der Waals surface area (Å²) in [6.45, 7) is 2.48. The number of piperidine rings is 1. The highest BCUT2D eigenvalue weighted by molar-refractivity contribution is 7.90. The first kappa shape index (κ1) is 36.3. The van der Waals surface area contributed by atoms with E-state index in [0.29, 0.717) is 31.8 Å². The van der Waals surface area contributed by atoms with E-state index >= 15 is 0 Å². The van der Waals surface area contributed by atoms with Crippen LogP contribution in [0.1, 0.15) is 84.3 Å². The first-order valence-electron chi connectivity index (χ1n) is 15.1. The number of carbonyl (C=O) groups excluding carboxylic acids is 3. The molecule has 12 nitrogen and oxygen atoms in total. The number of nitriles is 1. The summed E-state index contributed by atoms with van der Waals surface area (Å²) >= 11 is 0. The van der Waals surface area contributed by atoms with Gasteiger partial charge in [-0.25, -0.2) is 31.8 Å². The number of rotatable bonds is 10. The molecule has 0 bridgehead atoms. The van der Waals surface area contributed by atoms with Gasteiger partial charge in [-0.2, -0.15) is 5.26 Å². The van der Waals surface area contributed by atoms with Gasteiger partial charge >= 0.3 is 11.9 Å². The Morgan fingerprint density at radius 2 is 1.78 bits per heavy atom. The van der Waals surface area contributed by atoms with Crippen LogP contribution in [0, 0.1) is 29.1 Å². The summed E-state index contributed by atoms with van der Waals surface area (Å²) in [5.41, 5.74) is 0.171. The molecule has 1 saturated heterocycles. The number of aromatic nitrogens is 2. The Labute approximate surface area is 267 Å². The fourth-order valence-electron chi connectivity index (χ4n) is 5.41. The maximum atomic E-state index is 13.6. The summed E-state index contributed by atoms with van der Waals surface area (Å²) in [4.78, 5) is 45.2. The van der Waals surface area contributed by atoms with Crippen LogP contribution in [0.15, 0.2) is 30.6 Å². The van der Waals surface area contributed by atoms with Gasteiger partial charge in [0.1, 0.15) is 18.6 Å². The van der Waals surface area contributed by atoms with Crippen molar-refractivity contribution < 1.29 is 41.1 Å². The van der Waals surface area contributed by atoms with E-state index in [1.165, 1.54) is 24.5 Å². The van der Waals surface area contributed by atoms with Crippen molar-refractivity contribution >= 4 is 33.7 Å². The highest BCUT2D eigenvalue weighted by Crippen LogP contribution is 2.30. The molecule has 0 atom stereocenters. The van der Waals surface area contributed by atoms with Crippen molar-refractivity contribution in [3.63, 3.8) is 0 Å². The second-order valence-corrected chi connectivity index (χ2v) is 13.0. The van der Waals surface area contributed by atoms with Crippen molar-refractivity contribution in [2.24, 2.45) is 17.8 Å². The molecule has 46 heavy (non-hydrogen) atoms. The summed E-state index contributed by atoms with van der Waals surface area (Å²) in [6.07, 6.45) is 7.30. The quantitative estimate of drug-likeness (QED) is 0.361. The zero-order valence-electron chi connectivity index (χ0n) is 25.9. The Morgan fingerprint density at radius 1 is 1.09 bits per heavy atom. The summed E-state index contributed by atoms with van der Waals surface area (Å²) in [7, 11) is -3.70. The van der Waals surface area contributed by atoms with Gasteiger partial charge in [-0.1, -0.05) is 19.8 Å². The van der Waals surface area contributed by atoms with E-state index < -0.39 is 47.3 Å². The SMILES string of the molecule is CCOC(=O)c1cc(C#N)c(N2CCC(C(=O)NS(=O)(=O)CC3CCC(C)CC3)CC2)nc1CF.O=C(OCF)c1cccnc1. The highest BCUT2D eigenvalue weighted by atomic mass is 32.2. The second-order valence-electron chi connectivity index (χ2n) is 11.2. The third-order valence-corrected chi connectivity index (χ3v) is 9.34. The maximum Gasteiger partial charge on any atom is 0.342 e. The molecule has 2 aliphatic rings. The van der Waals surface area contributed by atoms with Crippen LogP contribution in [-0.4, -0.2) is 68.5 Å². The van der Waals surface area contributed by atoms with Crippen molar-refractivity contribution in [2.75, 3.05) is 37.2 Å². The minimum absolute atomic E-state index is 0.0292. The van der Waals surface area contributed by atoms with E-state index in [9.17, 15) is 36.8 Å². The molecule has 2 aromatic rings. The summed E-state index contributed by atoms with van der Waals surface area (Å²) in [6, 6.07) is 6.36. The molecule has 1 amide bonds. The smallest absolute Gasteiger partial charge is 0.342 e. The Kier molecular flexibility index (Phi) is 13.8. The van der Waals surface area contributed by atoms with Gasteiger partial charge in [0.15, 0.2) is 0 Å². The van der Waals surface area contributed by atoms with E-state index in [4.69, 9.17) is 4.74 Å². The molecule has 3 heterocycles. The number of esters is 2. The molecule has 1 N–H and O–H groups in total. The molecular weight excluding hydrogens is 624 g/mol. The van der Waals surface area contributed by atoms with Gasteiger partial charge in [0.25, 0.3) is 0 Å². The number of halogens is 2. The zero-order chi connectivity index (χ0) is 33.7. The summed E-state index contributed by atoms with van der Waals surface area (Å²) in [5.74, 6) is -1.52. The monoisotopic (exact) mass is 663 g/mol. The number of amides is 1. The molecular formula is C31H39F2N5O7S. The lowest BCUT2D eigenvalue weighted by Gasteiger charge is -2.33. The number of carbonyl (C=O) groups is 3. The number of nitrogens with one attached hydrogen (secondary N) is 1. The van der Waals surface area contributed by atoms with Crippen molar-refractivity contribution in [2.45, 2.75) is 59.0 Å². The number of alkyl halides is 2. The molecule has 1 aliphatic heterocycles. The maximum absolute atomic E-state index is 13.6. The van der Waals surface area contributed by atoms with Gasteiger partial charge in [0.05, 0.1) is 34.7 Å². The highest BCUT2D eigenvalue weighted by Gasteiger charge is 2.31. The van der Waals surface area contributed by atoms with Crippen molar-refractivity contribution in [1.29, 1.82) is 5.26 Å². The minimum atomic E-state index is -3.70. The largest absolute Gasteiger partial charge is 0.462 e. The summed E-state index contributed by atoms with van der Waals surface area (Å²) in [5, 5.41) is 9.57. The van der Waals surface area contributed by atoms with Crippen LogP contribution in [-0.2, 0) is 31.0 Å². The van der Waals surface area contributed by atoms with Crippen molar-refractivity contribution in [3.05, 3.63) is 53.0 Å². The third kappa shape index (κ3) is 10.4. The number of hydrogen-bond donors (Lipinski definition) is 1. The summed E-state index contributed by atoms with van der Waals surface area (Å²) < 4.78 is 61.4. The van der Waals surface area contributed by atoms with Crippen LogP contribution >= 0.6 is 0 Å². The van der Waals surface area contributed by atoms with Crippen LogP contribution in [0.4, 0.5) is 14.6 Å². The predicted molar refractivity (Wildman–Crippen MR) is 163 cm³/mol. The van der Waals surface area contributed by atoms with Crippen molar-refractivity contribution in [1.82, 2.24) is 14.7 Å². The van der Waals surface area contributed by atoms with Gasteiger partial charge < -0.3 is 14.4 Å². The number of pyridine rings is 2. The third-order valence-electron chi connectivity index (χ3n) is 7.92. The van der Waals surface area contributed by atoms with E-state index in [1.54, 1.807) is 17.9 Å². The van der Waals surface area contributed by atoms with Gasteiger partial charge in [0.2, 0.25) is 22.8 Å². The molecule has 0 aromatic carbocycles. The van der Waals surface area contributed by atoms with Crippen LogP contribution < -0.4 is 9.62 Å². The normalized spacial score (nSPS) is 18.4. The number of hydrogen-bond acceptors (Lipinski definition) is 11. The van der Waals surface area contributed by atoms with Gasteiger partial charge in [-0.15, -0.1) is 0 Å². The molecule has 0 spiro atoms. The van der Waals surface area contributed by atoms with E-state index in [1.807, 2.05) is 6.07 Å². The number of ether oxygens (including phenoxy) is 2. The minimum Gasteiger partial charge on any atom is -0.462 e. The molecule has 2 fully saturated rings. The molecule has 1 saturated carbocycles. The molecule has 0 unspecified atom stereocenters. The lowest BCUT2D eigenvalue weighted by atomic mass is 9.84. The lowest BCUT2D eigenvalue weighted by molar-refractivity contribution is -0.123. The molecule has 0 radical (unpaired) electrons. The molecule has 4 rings (SSSR count). The molecule has 2 aromatic heterocycles. The first-order valence-corrected chi connectivity index (χ1v) is 16.8. The van der Waals surface area contributed by atoms with Crippen LogP contribution in [0.2, 0.25) is 0 Å². The number of sulfonamides is 1. The number of nitrogens with zero attached hydrogens (tertiary/aromatic N) is 4. The van der Waals surface area contributed by atoms with Crippen molar-refractivity contribution in [3.8, 4) is 6.07 Å². The first-order chi connectivity index (χ1) is 22.0.